The first-order valence-corrected chi connectivity index (χ1v) is 8.36. The number of halogens is 2. The number of thiazole rings is 1. The van der Waals surface area contributed by atoms with E-state index >= 15 is 0 Å². The number of carbonyl (C=O) groups is 2. The van der Waals surface area contributed by atoms with Gasteiger partial charge in [-0.25, -0.2) is 13.8 Å². The molecule has 3 N–H and O–H groups in total. The van der Waals surface area contributed by atoms with Gasteiger partial charge in [-0.05, 0) is 31.2 Å². The molecule has 0 saturated carbocycles. The lowest BCUT2D eigenvalue weighted by molar-refractivity contribution is 0.0995. The summed E-state index contributed by atoms with van der Waals surface area (Å²) >= 11 is 1.11. The zero-order valence-electron chi connectivity index (χ0n) is 13.5. The lowest BCUT2D eigenvalue weighted by atomic mass is 10.1. The second-order valence-electron chi connectivity index (χ2n) is 5.47. The van der Waals surface area contributed by atoms with Crippen LogP contribution in [-0.4, -0.2) is 16.8 Å². The van der Waals surface area contributed by atoms with Crippen molar-refractivity contribution in [2.45, 2.75) is 6.92 Å². The quantitative estimate of drug-likeness (QED) is 0.730. The molecule has 26 heavy (non-hydrogen) atoms. The molecule has 0 bridgehead atoms. The van der Waals surface area contributed by atoms with Crippen molar-refractivity contribution in [3.8, 4) is 10.6 Å². The van der Waals surface area contributed by atoms with E-state index in [9.17, 15) is 18.4 Å². The predicted octanol–water partition coefficient (Wildman–Crippen LogP) is 3.75. The zero-order chi connectivity index (χ0) is 18.8. The zero-order valence-corrected chi connectivity index (χ0v) is 14.4. The van der Waals surface area contributed by atoms with Gasteiger partial charge in [0.15, 0.2) is 0 Å². The molecule has 0 fully saturated rings. The molecule has 0 saturated heterocycles. The van der Waals surface area contributed by atoms with E-state index in [1.165, 1.54) is 24.4 Å². The van der Waals surface area contributed by atoms with E-state index in [0.29, 0.717) is 5.01 Å². The van der Waals surface area contributed by atoms with Crippen LogP contribution in [0, 0.1) is 18.6 Å². The van der Waals surface area contributed by atoms with Crippen molar-refractivity contribution in [1.29, 1.82) is 0 Å². The molecule has 3 rings (SSSR count). The summed E-state index contributed by atoms with van der Waals surface area (Å²) in [7, 11) is 0. The molecule has 0 radical (unpaired) electrons. The molecule has 0 aliphatic heterocycles. The third kappa shape index (κ3) is 3.45. The molecular weight excluding hydrogens is 360 g/mol. The Balaban J connectivity index is 1.88. The van der Waals surface area contributed by atoms with Crippen LogP contribution in [0.1, 0.15) is 26.4 Å². The first-order valence-electron chi connectivity index (χ1n) is 7.48. The van der Waals surface area contributed by atoms with Gasteiger partial charge in [0.25, 0.3) is 5.91 Å². The lowest BCUT2D eigenvalue weighted by Gasteiger charge is -2.09. The normalized spacial score (nSPS) is 10.6. The number of rotatable bonds is 4. The number of nitrogens with one attached hydrogen (secondary N) is 1. The fraction of sp³-hybridized carbons (Fsp3) is 0.0556. The minimum atomic E-state index is -0.810. The minimum Gasteiger partial charge on any atom is -0.366 e. The van der Waals surface area contributed by atoms with Gasteiger partial charge in [-0.15, -0.1) is 11.3 Å². The maximum Gasteiger partial charge on any atom is 0.275 e. The number of aromatic nitrogens is 1. The van der Waals surface area contributed by atoms with Crippen molar-refractivity contribution in [1.82, 2.24) is 4.98 Å². The second kappa shape index (κ2) is 7.01. The van der Waals surface area contributed by atoms with Crippen LogP contribution >= 0.6 is 11.3 Å². The molecular formula is C18H13F2N3O2S. The van der Waals surface area contributed by atoms with E-state index in [0.717, 1.165) is 17.4 Å². The van der Waals surface area contributed by atoms with Gasteiger partial charge in [0.1, 0.15) is 22.3 Å². The van der Waals surface area contributed by atoms with Gasteiger partial charge in [-0.1, -0.05) is 12.1 Å². The molecule has 2 amide bonds. The molecule has 0 aliphatic carbocycles. The monoisotopic (exact) mass is 373 g/mol. The summed E-state index contributed by atoms with van der Waals surface area (Å²) in [6.45, 7) is 1.46. The minimum absolute atomic E-state index is 0.0533. The smallest absolute Gasteiger partial charge is 0.275 e. The third-order valence-corrected chi connectivity index (χ3v) is 4.59. The highest BCUT2D eigenvalue weighted by atomic mass is 32.1. The topological polar surface area (TPSA) is 85.1 Å². The Bertz CT molecular complexity index is 1020. The van der Waals surface area contributed by atoms with E-state index in [1.807, 2.05) is 0 Å². The molecule has 8 heteroatoms. The molecule has 0 spiro atoms. The first-order chi connectivity index (χ1) is 12.4. The summed E-state index contributed by atoms with van der Waals surface area (Å²) in [5, 5.41) is 4.33. The Morgan fingerprint density at radius 3 is 2.58 bits per heavy atom. The van der Waals surface area contributed by atoms with Crippen molar-refractivity contribution >= 4 is 28.8 Å². The SMILES string of the molecule is Cc1c(F)cc(C(N)=O)cc1NC(=O)c1csc(-c2ccccc2F)n1. The molecule has 1 aromatic heterocycles. The van der Waals surface area contributed by atoms with Crippen LogP contribution < -0.4 is 11.1 Å². The van der Waals surface area contributed by atoms with Gasteiger partial charge in [-0.3, -0.25) is 9.59 Å². The van der Waals surface area contributed by atoms with Crippen LogP contribution in [0.15, 0.2) is 41.8 Å². The van der Waals surface area contributed by atoms with Gasteiger partial charge in [0.05, 0.1) is 0 Å². The molecule has 1 heterocycles. The van der Waals surface area contributed by atoms with E-state index in [-0.39, 0.29) is 28.1 Å². The summed E-state index contributed by atoms with van der Waals surface area (Å²) in [6.07, 6.45) is 0. The molecule has 132 valence electrons. The van der Waals surface area contributed by atoms with Crippen LogP contribution in [0.2, 0.25) is 0 Å². The molecule has 0 atom stereocenters. The lowest BCUT2D eigenvalue weighted by Crippen LogP contribution is -2.16. The molecule has 3 aromatic rings. The summed E-state index contributed by atoms with van der Waals surface area (Å²) in [5.74, 6) is -2.52. The van der Waals surface area contributed by atoms with E-state index in [4.69, 9.17) is 5.73 Å². The number of primary amides is 1. The van der Waals surface area contributed by atoms with E-state index in [2.05, 4.69) is 10.3 Å². The van der Waals surface area contributed by atoms with Crippen LogP contribution in [-0.2, 0) is 0 Å². The van der Waals surface area contributed by atoms with Gasteiger partial charge in [-0.2, -0.15) is 0 Å². The number of benzene rings is 2. The van der Waals surface area contributed by atoms with Gasteiger partial charge >= 0.3 is 0 Å². The van der Waals surface area contributed by atoms with Crippen LogP contribution in [0.3, 0.4) is 0 Å². The average molecular weight is 373 g/mol. The highest BCUT2D eigenvalue weighted by Crippen LogP contribution is 2.27. The highest BCUT2D eigenvalue weighted by Gasteiger charge is 2.17. The maximum atomic E-state index is 13.9. The fourth-order valence-electron chi connectivity index (χ4n) is 2.27. The highest BCUT2D eigenvalue weighted by molar-refractivity contribution is 7.13. The number of hydrogen-bond donors (Lipinski definition) is 2. The van der Waals surface area contributed by atoms with Crippen molar-refractivity contribution in [3.05, 3.63) is 70.2 Å². The average Bonchev–Trinajstić information content (AvgIpc) is 3.09. The van der Waals surface area contributed by atoms with Crippen LogP contribution in [0.5, 0.6) is 0 Å². The maximum absolute atomic E-state index is 13.9. The summed E-state index contributed by atoms with van der Waals surface area (Å²) in [6, 6.07) is 8.39. The van der Waals surface area contributed by atoms with Gasteiger partial charge in [0.2, 0.25) is 5.91 Å². The largest absolute Gasteiger partial charge is 0.366 e. The first kappa shape index (κ1) is 17.7. The van der Waals surface area contributed by atoms with Crippen LogP contribution in [0.25, 0.3) is 10.6 Å². The van der Waals surface area contributed by atoms with Gasteiger partial charge in [0, 0.05) is 27.8 Å². The predicted molar refractivity (Wildman–Crippen MR) is 95.1 cm³/mol. The molecule has 0 unspecified atom stereocenters. The molecule has 2 aromatic carbocycles. The van der Waals surface area contributed by atoms with Crippen molar-refractivity contribution in [2.75, 3.05) is 5.32 Å². The van der Waals surface area contributed by atoms with Crippen molar-refractivity contribution in [2.24, 2.45) is 5.73 Å². The number of amides is 2. The Labute approximate surface area is 151 Å². The van der Waals surface area contributed by atoms with Crippen LogP contribution in [0.4, 0.5) is 14.5 Å². The summed E-state index contributed by atoms with van der Waals surface area (Å²) < 4.78 is 27.7. The van der Waals surface area contributed by atoms with Gasteiger partial charge < -0.3 is 11.1 Å². The Kier molecular flexibility index (Phi) is 4.77. The number of anilines is 1. The Hall–Kier alpha value is -3.13. The fourth-order valence-corrected chi connectivity index (χ4v) is 3.10. The number of carbonyl (C=O) groups excluding carboxylic acids is 2. The number of nitrogens with zero attached hydrogens (tertiary/aromatic N) is 1. The second-order valence-corrected chi connectivity index (χ2v) is 6.32. The van der Waals surface area contributed by atoms with E-state index < -0.39 is 23.4 Å². The summed E-state index contributed by atoms with van der Waals surface area (Å²) in [5.41, 5.74) is 5.71. The Morgan fingerprint density at radius 1 is 1.15 bits per heavy atom. The Morgan fingerprint density at radius 2 is 1.88 bits per heavy atom. The summed E-state index contributed by atoms with van der Waals surface area (Å²) in [4.78, 5) is 27.8. The molecule has 0 aliphatic rings. The van der Waals surface area contributed by atoms with Crippen molar-refractivity contribution < 1.29 is 18.4 Å². The molecule has 5 nitrogen and oxygen atoms in total. The standard InChI is InChI=1S/C18H13F2N3O2S/c1-9-13(20)6-10(16(21)24)7-14(9)22-17(25)15-8-26-18(23-15)11-4-2-3-5-12(11)19/h2-8H,1H3,(H2,21,24)(H,22,25). The number of hydrogen-bond acceptors (Lipinski definition) is 4. The van der Waals surface area contributed by atoms with Crippen molar-refractivity contribution in [3.63, 3.8) is 0 Å². The number of nitrogens with two attached hydrogens (primary N) is 1. The van der Waals surface area contributed by atoms with E-state index in [1.54, 1.807) is 18.2 Å². The third-order valence-electron chi connectivity index (χ3n) is 3.72.